The van der Waals surface area contributed by atoms with Crippen LogP contribution in [-0.4, -0.2) is 12.0 Å². The molecule has 0 amide bonds. The highest BCUT2D eigenvalue weighted by molar-refractivity contribution is 7.98. The quantitative estimate of drug-likeness (QED) is 0.416. The molecule has 2 heteroatoms. The Morgan fingerprint density at radius 3 is 2.57 bits per heavy atom. The van der Waals surface area contributed by atoms with E-state index in [1.807, 2.05) is 30.5 Å². The van der Waals surface area contributed by atoms with E-state index in [0.29, 0.717) is 6.42 Å². The van der Waals surface area contributed by atoms with Gasteiger partial charge < -0.3 is 0 Å². The van der Waals surface area contributed by atoms with Crippen LogP contribution in [0.15, 0.2) is 41.8 Å². The van der Waals surface area contributed by atoms with Crippen LogP contribution in [0.4, 0.5) is 0 Å². The summed E-state index contributed by atoms with van der Waals surface area (Å²) in [5.74, 6) is 0.192. The lowest BCUT2D eigenvalue weighted by molar-refractivity contribution is 0.0983. The Balaban J connectivity index is 2.66. The van der Waals surface area contributed by atoms with Gasteiger partial charge in [0, 0.05) is 16.9 Å². The first-order valence-corrected chi connectivity index (χ1v) is 5.78. The van der Waals surface area contributed by atoms with Crippen LogP contribution in [0.2, 0.25) is 0 Å². The van der Waals surface area contributed by atoms with Crippen LogP contribution < -0.4 is 0 Å². The summed E-state index contributed by atoms with van der Waals surface area (Å²) in [7, 11) is 0. The Kier molecular flexibility index (Phi) is 4.47. The fraction of sp³-hybridized carbons (Fsp3) is 0.250. The Bertz CT molecular complexity index is 314. The summed E-state index contributed by atoms with van der Waals surface area (Å²) < 4.78 is 0. The van der Waals surface area contributed by atoms with E-state index in [0.717, 1.165) is 12.0 Å². The smallest absolute Gasteiger partial charge is 0.163 e. The van der Waals surface area contributed by atoms with Gasteiger partial charge in [-0.05, 0) is 24.8 Å². The summed E-state index contributed by atoms with van der Waals surface area (Å²) in [5.41, 5.74) is 0.796. The third-order valence-electron chi connectivity index (χ3n) is 1.99. The molecule has 0 bridgehead atoms. The number of hydrogen-bond acceptors (Lipinski definition) is 2. The van der Waals surface area contributed by atoms with Crippen LogP contribution >= 0.6 is 11.8 Å². The maximum atomic E-state index is 11.5. The minimum Gasteiger partial charge on any atom is -0.294 e. The fourth-order valence-electron chi connectivity index (χ4n) is 1.15. The molecule has 0 aliphatic heterocycles. The van der Waals surface area contributed by atoms with Gasteiger partial charge in [0.05, 0.1) is 0 Å². The van der Waals surface area contributed by atoms with Crippen molar-refractivity contribution < 1.29 is 4.79 Å². The van der Waals surface area contributed by atoms with Crippen molar-refractivity contribution in [2.75, 3.05) is 6.26 Å². The van der Waals surface area contributed by atoms with Gasteiger partial charge in [-0.15, -0.1) is 18.3 Å². The molecule has 0 heterocycles. The molecule has 0 aliphatic rings. The molecule has 0 unspecified atom stereocenters. The highest BCUT2D eigenvalue weighted by Crippen LogP contribution is 2.15. The summed E-state index contributed by atoms with van der Waals surface area (Å²) in [4.78, 5) is 12.7. The monoisotopic (exact) mass is 206 g/mol. The number of carbonyl (C=O) groups excluding carboxylic acids is 1. The summed E-state index contributed by atoms with van der Waals surface area (Å²) >= 11 is 1.68. The predicted octanol–water partition coefficient (Wildman–Crippen LogP) is 3.56. The van der Waals surface area contributed by atoms with E-state index in [4.69, 9.17) is 0 Å². The van der Waals surface area contributed by atoms with E-state index in [9.17, 15) is 4.79 Å². The number of hydrogen-bond donors (Lipinski definition) is 0. The lowest BCUT2D eigenvalue weighted by Crippen LogP contribution is -1.97. The van der Waals surface area contributed by atoms with Crippen molar-refractivity contribution in [1.29, 1.82) is 0 Å². The number of ketones is 1. The summed E-state index contributed by atoms with van der Waals surface area (Å²) in [6.45, 7) is 3.60. The van der Waals surface area contributed by atoms with Gasteiger partial charge in [-0.2, -0.15) is 0 Å². The topological polar surface area (TPSA) is 17.1 Å². The summed E-state index contributed by atoms with van der Waals surface area (Å²) in [5, 5.41) is 0. The minimum atomic E-state index is 0.192. The molecule has 0 saturated carbocycles. The van der Waals surface area contributed by atoms with Crippen LogP contribution in [0, 0.1) is 0 Å². The normalized spacial score (nSPS) is 9.79. The number of benzene rings is 1. The Morgan fingerprint density at radius 1 is 1.43 bits per heavy atom. The van der Waals surface area contributed by atoms with Gasteiger partial charge in [-0.1, -0.05) is 18.2 Å². The van der Waals surface area contributed by atoms with Crippen molar-refractivity contribution in [2.45, 2.75) is 17.7 Å². The van der Waals surface area contributed by atoms with Crippen molar-refractivity contribution in [3.8, 4) is 0 Å². The zero-order valence-electron chi connectivity index (χ0n) is 8.32. The van der Waals surface area contributed by atoms with Gasteiger partial charge >= 0.3 is 0 Å². The first-order chi connectivity index (χ1) is 6.77. The molecule has 0 saturated heterocycles. The Morgan fingerprint density at radius 2 is 2.07 bits per heavy atom. The SMILES string of the molecule is C=CCCC(=O)c1ccc(SC)cc1. The van der Waals surface area contributed by atoms with E-state index in [2.05, 4.69) is 6.58 Å². The second kappa shape index (κ2) is 5.66. The van der Waals surface area contributed by atoms with E-state index < -0.39 is 0 Å². The van der Waals surface area contributed by atoms with Crippen molar-refractivity contribution in [1.82, 2.24) is 0 Å². The molecule has 0 aliphatic carbocycles. The molecule has 0 radical (unpaired) electrons. The first-order valence-electron chi connectivity index (χ1n) is 4.56. The average molecular weight is 206 g/mol. The van der Waals surface area contributed by atoms with Crippen LogP contribution in [0.3, 0.4) is 0 Å². The number of carbonyl (C=O) groups is 1. The average Bonchev–Trinajstić information content (AvgIpc) is 2.26. The molecule has 0 fully saturated rings. The lowest BCUT2D eigenvalue weighted by Gasteiger charge is -2.00. The predicted molar refractivity (Wildman–Crippen MR) is 62.0 cm³/mol. The van der Waals surface area contributed by atoms with Crippen molar-refractivity contribution in [3.05, 3.63) is 42.5 Å². The summed E-state index contributed by atoms with van der Waals surface area (Å²) in [6.07, 6.45) is 5.11. The lowest BCUT2D eigenvalue weighted by atomic mass is 10.1. The Hall–Kier alpha value is -1.02. The van der Waals surface area contributed by atoms with Crippen LogP contribution in [-0.2, 0) is 0 Å². The second-order valence-corrected chi connectivity index (χ2v) is 3.86. The molecule has 1 rings (SSSR count). The van der Waals surface area contributed by atoms with Gasteiger partial charge in [0.25, 0.3) is 0 Å². The number of Topliss-reactive ketones (excluding diaryl/α,β-unsaturated/α-hetero) is 1. The molecule has 0 atom stereocenters. The van der Waals surface area contributed by atoms with Gasteiger partial charge in [0.1, 0.15) is 0 Å². The van der Waals surface area contributed by atoms with Crippen LogP contribution in [0.1, 0.15) is 23.2 Å². The molecule has 0 spiro atoms. The molecule has 0 aromatic heterocycles. The van der Waals surface area contributed by atoms with Crippen molar-refractivity contribution >= 4 is 17.5 Å². The zero-order valence-corrected chi connectivity index (χ0v) is 9.14. The maximum Gasteiger partial charge on any atom is 0.163 e. The van der Waals surface area contributed by atoms with E-state index in [-0.39, 0.29) is 5.78 Å². The Labute approximate surface area is 89.2 Å². The highest BCUT2D eigenvalue weighted by atomic mass is 32.2. The highest BCUT2D eigenvalue weighted by Gasteiger charge is 2.03. The molecule has 14 heavy (non-hydrogen) atoms. The van der Waals surface area contributed by atoms with Crippen molar-refractivity contribution in [3.63, 3.8) is 0 Å². The fourth-order valence-corrected chi connectivity index (χ4v) is 1.56. The number of allylic oxidation sites excluding steroid dienone is 1. The van der Waals surface area contributed by atoms with E-state index in [1.165, 1.54) is 4.90 Å². The third kappa shape index (κ3) is 3.04. The molecule has 1 aromatic rings. The molecular weight excluding hydrogens is 192 g/mol. The molecule has 1 nitrogen and oxygen atoms in total. The van der Waals surface area contributed by atoms with Crippen LogP contribution in [0.25, 0.3) is 0 Å². The van der Waals surface area contributed by atoms with Crippen molar-refractivity contribution in [2.24, 2.45) is 0 Å². The third-order valence-corrected chi connectivity index (χ3v) is 2.73. The van der Waals surface area contributed by atoms with Gasteiger partial charge in [0.15, 0.2) is 5.78 Å². The summed E-state index contributed by atoms with van der Waals surface area (Å²) in [6, 6.07) is 7.73. The largest absolute Gasteiger partial charge is 0.294 e. The molecule has 0 N–H and O–H groups in total. The maximum absolute atomic E-state index is 11.5. The van der Waals surface area contributed by atoms with Gasteiger partial charge in [-0.25, -0.2) is 0 Å². The standard InChI is InChI=1S/C12H14OS/c1-3-4-5-12(13)10-6-8-11(14-2)9-7-10/h3,6-9H,1,4-5H2,2H3. The van der Waals surface area contributed by atoms with E-state index in [1.54, 1.807) is 17.8 Å². The number of rotatable bonds is 5. The zero-order chi connectivity index (χ0) is 10.4. The minimum absolute atomic E-state index is 0.192. The van der Waals surface area contributed by atoms with Gasteiger partial charge in [-0.3, -0.25) is 4.79 Å². The first kappa shape index (κ1) is 11.1. The number of thioether (sulfide) groups is 1. The van der Waals surface area contributed by atoms with Gasteiger partial charge in [0.2, 0.25) is 0 Å². The second-order valence-electron chi connectivity index (χ2n) is 2.98. The van der Waals surface area contributed by atoms with Crippen LogP contribution in [0.5, 0.6) is 0 Å². The molecular formula is C12H14OS. The van der Waals surface area contributed by atoms with E-state index >= 15 is 0 Å². The molecule has 1 aromatic carbocycles. The molecule has 74 valence electrons.